The predicted octanol–water partition coefficient (Wildman–Crippen LogP) is 6.53. The largest absolute Gasteiger partial charge is 0.497 e. The Morgan fingerprint density at radius 3 is 2.36 bits per heavy atom. The van der Waals surface area contributed by atoms with E-state index in [4.69, 9.17) is 17.0 Å². The predicted molar refractivity (Wildman–Crippen MR) is 129 cm³/mol. The normalized spacial score (nSPS) is 15.6. The quantitative estimate of drug-likeness (QED) is 0.309. The van der Waals surface area contributed by atoms with Crippen LogP contribution < -0.4 is 9.64 Å². The van der Waals surface area contributed by atoms with Crippen molar-refractivity contribution in [3.05, 3.63) is 82.0 Å². The van der Waals surface area contributed by atoms with Gasteiger partial charge in [-0.1, -0.05) is 30.0 Å². The van der Waals surface area contributed by atoms with Gasteiger partial charge in [0.1, 0.15) is 5.75 Å². The summed E-state index contributed by atoms with van der Waals surface area (Å²) < 4.78 is 46.8. The maximum atomic E-state index is 13.1. The standard InChI is InChI=1S/C24H19F3N2O2S2/c1-14-11-16(15(2)28(14)18-7-9-20(31-3)10-8-18)12-21-22(30)29(23(32)33-21)19-6-4-5-17(13-19)24(25,26)27/h4-13H,1-3H3/b21-12+. The van der Waals surface area contributed by atoms with Gasteiger partial charge < -0.3 is 9.30 Å². The maximum absolute atomic E-state index is 13.1. The number of thioether (sulfide) groups is 1. The Kier molecular flexibility index (Phi) is 6.11. The molecule has 4 rings (SSSR count). The molecule has 1 fully saturated rings. The monoisotopic (exact) mass is 488 g/mol. The van der Waals surface area contributed by atoms with Gasteiger partial charge >= 0.3 is 6.18 Å². The number of anilines is 1. The van der Waals surface area contributed by atoms with Crippen molar-refractivity contribution < 1.29 is 22.7 Å². The molecule has 0 spiro atoms. The Balaban J connectivity index is 1.67. The van der Waals surface area contributed by atoms with Gasteiger partial charge in [-0.3, -0.25) is 9.69 Å². The molecule has 0 saturated carbocycles. The average Bonchev–Trinajstić information content (AvgIpc) is 3.21. The SMILES string of the molecule is COc1ccc(-n2c(C)cc(/C=C3/SC(=S)N(c4cccc(C(F)(F)F)c4)C3=O)c2C)cc1. The fraction of sp³-hybridized carbons (Fsp3) is 0.167. The van der Waals surface area contributed by atoms with Crippen molar-refractivity contribution in [1.29, 1.82) is 0 Å². The van der Waals surface area contributed by atoms with Crippen LogP contribution in [0.3, 0.4) is 0 Å². The zero-order valence-electron chi connectivity index (χ0n) is 17.9. The highest BCUT2D eigenvalue weighted by atomic mass is 32.2. The van der Waals surface area contributed by atoms with Crippen LogP contribution in [0.25, 0.3) is 11.8 Å². The summed E-state index contributed by atoms with van der Waals surface area (Å²) in [6, 6.07) is 14.2. The third kappa shape index (κ3) is 4.43. The number of nitrogens with zero attached hydrogens (tertiary/aromatic N) is 2. The fourth-order valence-electron chi connectivity index (χ4n) is 3.72. The van der Waals surface area contributed by atoms with Crippen molar-refractivity contribution in [3.63, 3.8) is 0 Å². The van der Waals surface area contributed by atoms with E-state index in [1.807, 2.05) is 44.2 Å². The van der Waals surface area contributed by atoms with Crippen LogP contribution in [0.4, 0.5) is 18.9 Å². The van der Waals surface area contributed by atoms with Crippen LogP contribution in [0.1, 0.15) is 22.5 Å². The second-order valence-electron chi connectivity index (χ2n) is 7.43. The van der Waals surface area contributed by atoms with E-state index in [0.717, 1.165) is 57.2 Å². The van der Waals surface area contributed by atoms with E-state index in [1.165, 1.54) is 12.1 Å². The van der Waals surface area contributed by atoms with Crippen molar-refractivity contribution in [2.24, 2.45) is 0 Å². The number of aromatic nitrogens is 1. The molecule has 1 aliphatic heterocycles. The first-order valence-electron chi connectivity index (χ1n) is 9.88. The number of hydrogen-bond acceptors (Lipinski definition) is 4. The molecular formula is C24H19F3N2O2S2. The van der Waals surface area contributed by atoms with E-state index in [0.29, 0.717) is 4.91 Å². The lowest BCUT2D eigenvalue weighted by molar-refractivity contribution is -0.137. The Morgan fingerprint density at radius 2 is 1.73 bits per heavy atom. The lowest BCUT2D eigenvalue weighted by Crippen LogP contribution is -2.27. The second kappa shape index (κ2) is 8.72. The lowest BCUT2D eigenvalue weighted by Gasteiger charge is -2.16. The topological polar surface area (TPSA) is 34.5 Å². The van der Waals surface area contributed by atoms with Crippen molar-refractivity contribution in [3.8, 4) is 11.4 Å². The lowest BCUT2D eigenvalue weighted by atomic mass is 10.1. The molecule has 1 aromatic heterocycles. The zero-order chi connectivity index (χ0) is 23.9. The molecule has 0 radical (unpaired) electrons. The van der Waals surface area contributed by atoms with Gasteiger partial charge in [0, 0.05) is 17.1 Å². The highest BCUT2D eigenvalue weighted by molar-refractivity contribution is 8.27. The molecule has 0 aliphatic carbocycles. The highest BCUT2D eigenvalue weighted by Gasteiger charge is 2.36. The first-order valence-corrected chi connectivity index (χ1v) is 11.1. The Hall–Kier alpha value is -3.04. The molecule has 1 amide bonds. The fourth-order valence-corrected chi connectivity index (χ4v) is 5.01. The van der Waals surface area contributed by atoms with Gasteiger partial charge in [0.15, 0.2) is 4.32 Å². The number of aryl methyl sites for hydroxylation is 1. The van der Waals surface area contributed by atoms with Gasteiger partial charge in [-0.05, 0) is 74.0 Å². The second-order valence-corrected chi connectivity index (χ2v) is 9.10. The number of hydrogen-bond donors (Lipinski definition) is 0. The number of methoxy groups -OCH3 is 1. The summed E-state index contributed by atoms with van der Waals surface area (Å²) in [5.41, 5.74) is 2.93. The molecule has 0 atom stereocenters. The molecule has 0 unspecified atom stereocenters. The molecule has 0 bridgehead atoms. The molecule has 3 aromatic rings. The van der Waals surface area contributed by atoms with E-state index in [1.54, 1.807) is 13.2 Å². The van der Waals surface area contributed by atoms with E-state index >= 15 is 0 Å². The number of carbonyl (C=O) groups is 1. The van der Waals surface area contributed by atoms with Gasteiger partial charge in [-0.25, -0.2) is 0 Å². The Bertz CT molecular complexity index is 1280. The number of halogens is 3. The molecule has 33 heavy (non-hydrogen) atoms. The van der Waals surface area contributed by atoms with Crippen LogP contribution in [-0.4, -0.2) is 21.9 Å². The van der Waals surface area contributed by atoms with Gasteiger partial charge in [0.05, 0.1) is 23.3 Å². The van der Waals surface area contributed by atoms with E-state index in [2.05, 4.69) is 4.57 Å². The minimum atomic E-state index is -4.51. The number of carbonyl (C=O) groups excluding carboxylic acids is 1. The van der Waals surface area contributed by atoms with E-state index in [-0.39, 0.29) is 10.0 Å². The molecule has 4 nitrogen and oxygen atoms in total. The van der Waals surface area contributed by atoms with Gasteiger partial charge in [0.2, 0.25) is 0 Å². The molecule has 2 aromatic carbocycles. The van der Waals surface area contributed by atoms with Crippen molar-refractivity contribution >= 4 is 46.0 Å². The number of rotatable bonds is 4. The zero-order valence-corrected chi connectivity index (χ0v) is 19.6. The summed E-state index contributed by atoms with van der Waals surface area (Å²) in [6.07, 6.45) is -2.78. The molecular weight excluding hydrogens is 469 g/mol. The molecule has 1 saturated heterocycles. The average molecular weight is 489 g/mol. The van der Waals surface area contributed by atoms with Crippen molar-refractivity contribution in [1.82, 2.24) is 4.57 Å². The van der Waals surface area contributed by atoms with Crippen molar-refractivity contribution in [2.75, 3.05) is 12.0 Å². The van der Waals surface area contributed by atoms with E-state index in [9.17, 15) is 18.0 Å². The van der Waals surface area contributed by atoms with Gasteiger partial charge in [0.25, 0.3) is 5.91 Å². The summed E-state index contributed by atoms with van der Waals surface area (Å²) in [5, 5.41) is 0. The summed E-state index contributed by atoms with van der Waals surface area (Å²) >= 11 is 6.39. The summed E-state index contributed by atoms with van der Waals surface area (Å²) in [6.45, 7) is 3.90. The van der Waals surface area contributed by atoms with Crippen LogP contribution in [0.5, 0.6) is 5.75 Å². The van der Waals surface area contributed by atoms with Gasteiger partial charge in [-0.2, -0.15) is 13.2 Å². The highest BCUT2D eigenvalue weighted by Crippen LogP contribution is 2.39. The van der Waals surface area contributed by atoms with E-state index < -0.39 is 17.6 Å². The number of thiocarbonyl (C=S) groups is 1. The smallest absolute Gasteiger partial charge is 0.416 e. The Labute approximate surface area is 198 Å². The summed E-state index contributed by atoms with van der Waals surface area (Å²) in [5.74, 6) is 0.304. The van der Waals surface area contributed by atoms with Crippen LogP contribution in [0.15, 0.2) is 59.5 Å². The molecule has 0 N–H and O–H groups in total. The molecule has 1 aliphatic rings. The Morgan fingerprint density at radius 1 is 1.03 bits per heavy atom. The summed E-state index contributed by atoms with van der Waals surface area (Å²) in [7, 11) is 1.61. The third-order valence-corrected chi connectivity index (χ3v) is 6.62. The molecule has 170 valence electrons. The van der Waals surface area contributed by atoms with Crippen LogP contribution >= 0.6 is 24.0 Å². The third-order valence-electron chi connectivity index (χ3n) is 5.31. The van der Waals surface area contributed by atoms with Crippen LogP contribution in [-0.2, 0) is 11.0 Å². The molecule has 2 heterocycles. The van der Waals surface area contributed by atoms with Crippen LogP contribution in [0, 0.1) is 13.8 Å². The first-order chi connectivity index (χ1) is 15.6. The van der Waals surface area contributed by atoms with Crippen LogP contribution in [0.2, 0.25) is 0 Å². The number of amides is 1. The van der Waals surface area contributed by atoms with Crippen molar-refractivity contribution in [2.45, 2.75) is 20.0 Å². The maximum Gasteiger partial charge on any atom is 0.416 e. The minimum absolute atomic E-state index is 0.0967. The number of ether oxygens (including phenoxy) is 1. The molecule has 9 heteroatoms. The van der Waals surface area contributed by atoms with Gasteiger partial charge in [-0.15, -0.1) is 0 Å². The minimum Gasteiger partial charge on any atom is -0.497 e. The number of benzene rings is 2. The first kappa shape index (κ1) is 23.1. The summed E-state index contributed by atoms with van der Waals surface area (Å²) in [4.78, 5) is 14.6. The number of alkyl halides is 3.